The van der Waals surface area contributed by atoms with E-state index in [0.29, 0.717) is 5.92 Å². The molecule has 0 aromatic carbocycles. The molecule has 1 aromatic heterocycles. The van der Waals surface area contributed by atoms with Gasteiger partial charge in [-0.2, -0.15) is 0 Å². The van der Waals surface area contributed by atoms with E-state index in [0.717, 1.165) is 26.2 Å². The van der Waals surface area contributed by atoms with E-state index in [-0.39, 0.29) is 6.04 Å². The molecule has 1 heterocycles. The normalized spacial score (nSPS) is 13.3. The summed E-state index contributed by atoms with van der Waals surface area (Å²) in [6.45, 7) is 8.94. The molecule has 0 aliphatic rings. The van der Waals surface area contributed by atoms with Gasteiger partial charge in [0.2, 0.25) is 0 Å². The van der Waals surface area contributed by atoms with Crippen molar-refractivity contribution in [2.45, 2.75) is 39.8 Å². The highest BCUT2D eigenvalue weighted by Gasteiger charge is 2.11. The quantitative estimate of drug-likeness (QED) is 0.723. The number of rotatable bonds is 7. The predicted octanol–water partition coefficient (Wildman–Crippen LogP) is 2.57. The van der Waals surface area contributed by atoms with Gasteiger partial charge in [0.25, 0.3) is 0 Å². The molecule has 0 bridgehead atoms. The smallest absolute Gasteiger partial charge is 0.0645 e. The maximum atomic E-state index is 6.08. The lowest BCUT2D eigenvalue weighted by Crippen LogP contribution is -2.16. The van der Waals surface area contributed by atoms with Crippen molar-refractivity contribution in [2.75, 3.05) is 13.2 Å². The topological polar surface area (TPSA) is 40.2 Å². The van der Waals surface area contributed by atoms with Crippen molar-refractivity contribution in [1.82, 2.24) is 4.57 Å². The third-order valence-corrected chi connectivity index (χ3v) is 2.72. The lowest BCUT2D eigenvalue weighted by atomic mass is 10.00. The van der Waals surface area contributed by atoms with Gasteiger partial charge in [-0.05, 0) is 24.0 Å². The minimum atomic E-state index is 0.137. The average Bonchev–Trinajstić information content (AvgIpc) is 2.72. The largest absolute Gasteiger partial charge is 0.380 e. The lowest BCUT2D eigenvalue weighted by Gasteiger charge is -2.13. The zero-order valence-corrected chi connectivity index (χ0v) is 10.6. The number of hydrogen-bond acceptors (Lipinski definition) is 2. The summed E-state index contributed by atoms with van der Waals surface area (Å²) < 4.78 is 7.60. The molecule has 1 unspecified atom stereocenters. The zero-order valence-electron chi connectivity index (χ0n) is 10.6. The zero-order chi connectivity index (χ0) is 12.0. The van der Waals surface area contributed by atoms with Crippen LogP contribution in [-0.2, 0) is 11.3 Å². The molecule has 92 valence electrons. The first kappa shape index (κ1) is 13.3. The van der Waals surface area contributed by atoms with Crippen molar-refractivity contribution in [3.63, 3.8) is 0 Å². The molecule has 0 aliphatic carbocycles. The van der Waals surface area contributed by atoms with Gasteiger partial charge in [0.15, 0.2) is 0 Å². The number of nitrogens with zero attached hydrogens (tertiary/aromatic N) is 1. The van der Waals surface area contributed by atoms with E-state index in [1.165, 1.54) is 5.56 Å². The van der Waals surface area contributed by atoms with Crippen molar-refractivity contribution >= 4 is 0 Å². The van der Waals surface area contributed by atoms with Crippen LogP contribution >= 0.6 is 0 Å². The van der Waals surface area contributed by atoms with Crippen LogP contribution in [-0.4, -0.2) is 17.8 Å². The van der Waals surface area contributed by atoms with Crippen LogP contribution in [0.5, 0.6) is 0 Å². The van der Waals surface area contributed by atoms with Crippen molar-refractivity contribution in [3.8, 4) is 0 Å². The third-order valence-electron chi connectivity index (χ3n) is 2.72. The summed E-state index contributed by atoms with van der Waals surface area (Å²) in [6, 6.07) is 2.24. The van der Waals surface area contributed by atoms with Crippen LogP contribution in [0.25, 0.3) is 0 Å². The molecule has 0 amide bonds. The molecule has 0 fully saturated rings. The number of hydrogen-bond donors (Lipinski definition) is 1. The maximum Gasteiger partial charge on any atom is 0.0645 e. The number of aromatic nitrogens is 1. The Kier molecular flexibility index (Phi) is 5.56. The summed E-state index contributed by atoms with van der Waals surface area (Å²) in [4.78, 5) is 0. The van der Waals surface area contributed by atoms with Gasteiger partial charge in [-0.1, -0.05) is 20.8 Å². The maximum absolute atomic E-state index is 6.08. The van der Waals surface area contributed by atoms with E-state index in [2.05, 4.69) is 43.8 Å². The molecule has 0 saturated heterocycles. The van der Waals surface area contributed by atoms with E-state index in [9.17, 15) is 0 Å². The highest BCUT2D eigenvalue weighted by molar-refractivity contribution is 5.15. The number of ether oxygens (including phenoxy) is 1. The summed E-state index contributed by atoms with van der Waals surface area (Å²) in [5, 5.41) is 0. The van der Waals surface area contributed by atoms with Gasteiger partial charge in [-0.15, -0.1) is 0 Å². The van der Waals surface area contributed by atoms with Gasteiger partial charge in [-0.25, -0.2) is 0 Å². The molecule has 0 saturated carbocycles. The van der Waals surface area contributed by atoms with Crippen LogP contribution in [0.2, 0.25) is 0 Å². The Hall–Kier alpha value is -0.800. The monoisotopic (exact) mass is 224 g/mol. The fourth-order valence-corrected chi connectivity index (χ4v) is 1.60. The Bertz CT molecular complexity index is 294. The SMILES string of the molecule is CCCOCCn1ccc(C(N)C(C)C)c1. The van der Waals surface area contributed by atoms with Gasteiger partial charge >= 0.3 is 0 Å². The Balaban J connectivity index is 2.39. The molecule has 2 N–H and O–H groups in total. The van der Waals surface area contributed by atoms with Gasteiger partial charge in [-0.3, -0.25) is 0 Å². The average molecular weight is 224 g/mol. The van der Waals surface area contributed by atoms with Crippen molar-refractivity contribution in [1.29, 1.82) is 0 Å². The van der Waals surface area contributed by atoms with E-state index in [1.54, 1.807) is 0 Å². The summed E-state index contributed by atoms with van der Waals surface area (Å²) in [5.41, 5.74) is 7.30. The van der Waals surface area contributed by atoms with E-state index in [4.69, 9.17) is 10.5 Å². The van der Waals surface area contributed by atoms with Crippen LogP contribution in [0, 0.1) is 5.92 Å². The van der Waals surface area contributed by atoms with Gasteiger partial charge in [0, 0.05) is 31.6 Å². The summed E-state index contributed by atoms with van der Waals surface area (Å²) in [6.07, 6.45) is 5.28. The second-order valence-corrected chi connectivity index (χ2v) is 4.56. The summed E-state index contributed by atoms with van der Waals surface area (Å²) in [5.74, 6) is 0.479. The van der Waals surface area contributed by atoms with Gasteiger partial charge in [0.05, 0.1) is 6.61 Å². The van der Waals surface area contributed by atoms with Crippen LogP contribution in [0.4, 0.5) is 0 Å². The lowest BCUT2D eigenvalue weighted by molar-refractivity contribution is 0.127. The molecule has 0 radical (unpaired) electrons. The molecule has 16 heavy (non-hydrogen) atoms. The molecular formula is C13H24N2O. The summed E-state index contributed by atoms with van der Waals surface area (Å²) in [7, 11) is 0. The van der Waals surface area contributed by atoms with Crippen LogP contribution in [0.3, 0.4) is 0 Å². The molecule has 0 spiro atoms. The molecule has 3 heteroatoms. The third kappa shape index (κ3) is 3.99. The predicted molar refractivity (Wildman–Crippen MR) is 67.3 cm³/mol. The van der Waals surface area contributed by atoms with E-state index >= 15 is 0 Å². The number of nitrogens with two attached hydrogens (primary N) is 1. The minimum Gasteiger partial charge on any atom is -0.380 e. The van der Waals surface area contributed by atoms with Crippen molar-refractivity contribution < 1.29 is 4.74 Å². The molecule has 3 nitrogen and oxygen atoms in total. The molecule has 0 aliphatic heterocycles. The van der Waals surface area contributed by atoms with E-state index < -0.39 is 0 Å². The van der Waals surface area contributed by atoms with Crippen LogP contribution < -0.4 is 5.73 Å². The Morgan fingerprint density at radius 1 is 1.38 bits per heavy atom. The molecule has 1 atom stereocenters. The Labute approximate surface area is 98.6 Å². The highest BCUT2D eigenvalue weighted by Crippen LogP contribution is 2.18. The first-order valence-corrected chi connectivity index (χ1v) is 6.14. The second-order valence-electron chi connectivity index (χ2n) is 4.56. The van der Waals surface area contributed by atoms with Crippen molar-refractivity contribution in [2.24, 2.45) is 11.7 Å². The summed E-state index contributed by atoms with van der Waals surface area (Å²) >= 11 is 0. The van der Waals surface area contributed by atoms with Gasteiger partial charge < -0.3 is 15.0 Å². The molecule has 1 aromatic rings. The Morgan fingerprint density at radius 2 is 2.12 bits per heavy atom. The van der Waals surface area contributed by atoms with Crippen LogP contribution in [0.1, 0.15) is 38.8 Å². The van der Waals surface area contributed by atoms with Crippen LogP contribution in [0.15, 0.2) is 18.5 Å². The van der Waals surface area contributed by atoms with Crippen molar-refractivity contribution in [3.05, 3.63) is 24.0 Å². The fourth-order valence-electron chi connectivity index (χ4n) is 1.60. The minimum absolute atomic E-state index is 0.137. The van der Waals surface area contributed by atoms with Gasteiger partial charge in [0.1, 0.15) is 0 Å². The molecular weight excluding hydrogens is 200 g/mol. The Morgan fingerprint density at radius 3 is 2.75 bits per heavy atom. The fraction of sp³-hybridized carbons (Fsp3) is 0.692. The van der Waals surface area contributed by atoms with E-state index in [1.807, 2.05) is 0 Å². The first-order valence-electron chi connectivity index (χ1n) is 6.14. The highest BCUT2D eigenvalue weighted by atomic mass is 16.5. The standard InChI is InChI=1S/C13H24N2O/c1-4-8-16-9-7-15-6-5-12(10-15)13(14)11(2)3/h5-6,10-11,13H,4,7-9,14H2,1-3H3. The first-order chi connectivity index (χ1) is 7.65. The molecule has 1 rings (SSSR count). The second kappa shape index (κ2) is 6.71.